The molecule has 150 valence electrons. The highest BCUT2D eigenvalue weighted by molar-refractivity contribution is 5.79. The maximum Gasteiger partial charge on any atom is 0.226 e. The number of ether oxygens (including phenoxy) is 3. The second-order valence-electron chi connectivity index (χ2n) is 6.99. The Kier molecular flexibility index (Phi) is 6.45. The lowest BCUT2D eigenvalue weighted by Crippen LogP contribution is -2.36. The summed E-state index contributed by atoms with van der Waals surface area (Å²) in [5, 5.41) is 0. The van der Waals surface area contributed by atoms with Crippen LogP contribution in [0.25, 0.3) is 11.1 Å². The van der Waals surface area contributed by atoms with Gasteiger partial charge in [0.15, 0.2) is 11.5 Å². The fourth-order valence-corrected chi connectivity index (χ4v) is 3.76. The molecule has 0 spiro atoms. The van der Waals surface area contributed by atoms with E-state index in [9.17, 15) is 4.79 Å². The Morgan fingerprint density at radius 2 is 1.82 bits per heavy atom. The lowest BCUT2D eigenvalue weighted by Gasteiger charge is -2.24. The van der Waals surface area contributed by atoms with Crippen LogP contribution in [0.3, 0.4) is 0 Å². The number of nitrogens with zero attached hydrogens (tertiary/aromatic N) is 1. The first-order valence-corrected chi connectivity index (χ1v) is 9.88. The van der Waals surface area contributed by atoms with Gasteiger partial charge in [0.2, 0.25) is 5.91 Å². The number of amides is 1. The molecule has 0 aliphatic carbocycles. The zero-order valence-electron chi connectivity index (χ0n) is 17.2. The summed E-state index contributed by atoms with van der Waals surface area (Å²) in [5.74, 6) is 2.45. The molecule has 5 heteroatoms. The molecule has 28 heavy (non-hydrogen) atoms. The third-order valence-electron chi connectivity index (χ3n) is 5.38. The van der Waals surface area contributed by atoms with Crippen molar-refractivity contribution in [3.63, 3.8) is 0 Å². The normalized spacial score (nSPS) is 13.5. The fraction of sp³-hybridized carbons (Fsp3) is 0.435. The fourth-order valence-electron chi connectivity index (χ4n) is 3.76. The highest BCUT2D eigenvalue weighted by Crippen LogP contribution is 2.40. The highest BCUT2D eigenvalue weighted by Gasteiger charge is 2.27. The number of rotatable bonds is 6. The first kappa shape index (κ1) is 20.1. The van der Waals surface area contributed by atoms with Gasteiger partial charge in [0.05, 0.1) is 20.8 Å². The van der Waals surface area contributed by atoms with Crippen LogP contribution in [-0.4, -0.2) is 38.2 Å². The molecular weight excluding hydrogens is 354 g/mol. The largest absolute Gasteiger partial charge is 0.496 e. The smallest absolute Gasteiger partial charge is 0.226 e. The lowest BCUT2D eigenvalue weighted by atomic mass is 9.99. The van der Waals surface area contributed by atoms with Crippen molar-refractivity contribution in [2.75, 3.05) is 27.4 Å². The van der Waals surface area contributed by atoms with Gasteiger partial charge >= 0.3 is 0 Å². The number of carbonyl (C=O) groups is 1. The van der Waals surface area contributed by atoms with E-state index in [0.717, 1.165) is 41.0 Å². The molecule has 0 saturated heterocycles. The molecule has 0 fully saturated rings. The van der Waals surface area contributed by atoms with Crippen LogP contribution in [0.5, 0.6) is 17.2 Å². The summed E-state index contributed by atoms with van der Waals surface area (Å²) >= 11 is 0. The minimum Gasteiger partial charge on any atom is -0.496 e. The van der Waals surface area contributed by atoms with E-state index in [1.165, 1.54) is 0 Å². The molecule has 1 amide bonds. The van der Waals surface area contributed by atoms with Gasteiger partial charge < -0.3 is 19.1 Å². The van der Waals surface area contributed by atoms with Gasteiger partial charge in [-0.05, 0) is 36.6 Å². The van der Waals surface area contributed by atoms with E-state index in [0.29, 0.717) is 25.4 Å². The topological polar surface area (TPSA) is 48.0 Å². The molecule has 0 aromatic heterocycles. The molecule has 1 aliphatic heterocycles. The molecule has 0 radical (unpaired) electrons. The predicted octanol–water partition coefficient (Wildman–Crippen LogP) is 4.53. The Morgan fingerprint density at radius 1 is 1.11 bits per heavy atom. The molecule has 0 N–H and O–H groups in total. The first-order valence-electron chi connectivity index (χ1n) is 9.88. The number of methoxy groups -OCH3 is 2. The van der Waals surface area contributed by atoms with E-state index in [1.807, 2.05) is 35.2 Å². The number of carbonyl (C=O) groups excluding carboxylic acids is 1. The number of hydrogen-bond acceptors (Lipinski definition) is 4. The summed E-state index contributed by atoms with van der Waals surface area (Å²) in [6.45, 7) is 5.69. The van der Waals surface area contributed by atoms with E-state index in [-0.39, 0.29) is 11.8 Å². The van der Waals surface area contributed by atoms with Crippen LogP contribution in [0.15, 0.2) is 36.4 Å². The van der Waals surface area contributed by atoms with Crippen molar-refractivity contribution in [2.45, 2.75) is 33.2 Å². The van der Waals surface area contributed by atoms with Gasteiger partial charge in [-0.2, -0.15) is 0 Å². The number of benzene rings is 2. The van der Waals surface area contributed by atoms with E-state index >= 15 is 0 Å². The minimum atomic E-state index is 0.0563. The van der Waals surface area contributed by atoms with Gasteiger partial charge in [0.25, 0.3) is 0 Å². The van der Waals surface area contributed by atoms with Crippen LogP contribution in [0.1, 0.15) is 32.3 Å². The summed E-state index contributed by atoms with van der Waals surface area (Å²) in [6.07, 6.45) is 1.70. The van der Waals surface area contributed by atoms with Gasteiger partial charge in [0.1, 0.15) is 12.4 Å². The van der Waals surface area contributed by atoms with Crippen LogP contribution in [0.2, 0.25) is 0 Å². The van der Waals surface area contributed by atoms with Crippen molar-refractivity contribution in [1.82, 2.24) is 4.90 Å². The average molecular weight is 383 g/mol. The van der Waals surface area contributed by atoms with Gasteiger partial charge in [-0.1, -0.05) is 32.0 Å². The summed E-state index contributed by atoms with van der Waals surface area (Å²) in [5.41, 5.74) is 2.92. The lowest BCUT2D eigenvalue weighted by molar-refractivity contribution is -0.136. The standard InChI is InChI=1S/C23H29NO4/c1-5-16(6-2)23(25)24-11-12-28-22-18(15-24)13-17(14-21(22)27-4)19-9-7-8-10-20(19)26-3/h7-10,13-14,16H,5-6,11-12,15H2,1-4H3. The van der Waals surface area contributed by atoms with Crippen molar-refractivity contribution in [2.24, 2.45) is 5.92 Å². The Balaban J connectivity index is 2.03. The van der Waals surface area contributed by atoms with Crippen molar-refractivity contribution in [1.29, 1.82) is 0 Å². The van der Waals surface area contributed by atoms with Crippen LogP contribution < -0.4 is 14.2 Å². The Hall–Kier alpha value is -2.69. The number of hydrogen-bond donors (Lipinski definition) is 0. The predicted molar refractivity (Wildman–Crippen MR) is 110 cm³/mol. The Morgan fingerprint density at radius 3 is 2.50 bits per heavy atom. The van der Waals surface area contributed by atoms with Gasteiger partial charge in [-0.3, -0.25) is 4.79 Å². The van der Waals surface area contributed by atoms with Gasteiger partial charge in [0, 0.05) is 23.6 Å². The van der Waals surface area contributed by atoms with Crippen LogP contribution in [0.4, 0.5) is 0 Å². The zero-order chi connectivity index (χ0) is 20.1. The van der Waals surface area contributed by atoms with E-state index in [4.69, 9.17) is 14.2 Å². The molecule has 2 aromatic carbocycles. The highest BCUT2D eigenvalue weighted by atomic mass is 16.5. The second-order valence-corrected chi connectivity index (χ2v) is 6.99. The third-order valence-corrected chi connectivity index (χ3v) is 5.38. The Labute approximate surface area is 167 Å². The molecule has 0 saturated carbocycles. The van der Waals surface area contributed by atoms with Gasteiger partial charge in [-0.25, -0.2) is 0 Å². The molecule has 0 unspecified atom stereocenters. The minimum absolute atomic E-state index is 0.0563. The Bertz CT molecular complexity index is 829. The molecule has 0 bridgehead atoms. The summed E-state index contributed by atoms with van der Waals surface area (Å²) in [4.78, 5) is 14.9. The van der Waals surface area contributed by atoms with Gasteiger partial charge in [-0.15, -0.1) is 0 Å². The molecule has 1 aliphatic rings. The van der Waals surface area contributed by atoms with Crippen LogP contribution in [0, 0.1) is 5.92 Å². The maximum atomic E-state index is 13.0. The van der Waals surface area contributed by atoms with Crippen molar-refractivity contribution in [3.8, 4) is 28.4 Å². The van der Waals surface area contributed by atoms with E-state index < -0.39 is 0 Å². The first-order chi connectivity index (χ1) is 13.6. The van der Waals surface area contributed by atoms with E-state index in [1.54, 1.807) is 14.2 Å². The zero-order valence-corrected chi connectivity index (χ0v) is 17.2. The van der Waals surface area contributed by atoms with Crippen molar-refractivity contribution in [3.05, 3.63) is 42.0 Å². The molecule has 5 nitrogen and oxygen atoms in total. The van der Waals surface area contributed by atoms with Crippen LogP contribution >= 0.6 is 0 Å². The quantitative estimate of drug-likeness (QED) is 0.735. The van der Waals surface area contributed by atoms with Crippen LogP contribution in [-0.2, 0) is 11.3 Å². The summed E-state index contributed by atoms with van der Waals surface area (Å²) in [6, 6.07) is 11.9. The van der Waals surface area contributed by atoms with Crippen molar-refractivity contribution < 1.29 is 19.0 Å². The maximum absolute atomic E-state index is 13.0. The number of fused-ring (bicyclic) bond motifs is 1. The van der Waals surface area contributed by atoms with E-state index in [2.05, 4.69) is 19.9 Å². The molecule has 0 atom stereocenters. The number of para-hydroxylation sites is 1. The average Bonchev–Trinajstić information content (AvgIpc) is 2.96. The molecule has 2 aromatic rings. The van der Waals surface area contributed by atoms with Crippen molar-refractivity contribution >= 4 is 5.91 Å². The second kappa shape index (κ2) is 9.00. The molecular formula is C23H29NO4. The monoisotopic (exact) mass is 383 g/mol. The SMILES string of the molecule is CCC(CC)C(=O)N1CCOc2c(cc(-c3ccccc3OC)cc2OC)C1. The third kappa shape index (κ3) is 3.93. The summed E-state index contributed by atoms with van der Waals surface area (Å²) < 4.78 is 17.1. The molecule has 3 rings (SSSR count). The molecule has 1 heterocycles. The summed E-state index contributed by atoms with van der Waals surface area (Å²) in [7, 11) is 3.31.